The molecule has 0 amide bonds. The monoisotopic (exact) mass is 339 g/mol. The Balaban J connectivity index is 0. The van der Waals surface area contributed by atoms with Gasteiger partial charge in [-0.3, -0.25) is 0 Å². The van der Waals surface area contributed by atoms with Crippen molar-refractivity contribution in [2.45, 2.75) is 0 Å². The standard InChI is InChI=1S/C9H10NO.HI.Zn/c1-2-10-9(11)8-6-4-3-5-7-8;;/h3-7H,1-2H2,(H,10,11);1H;/p-1. The average molecular weight is 340 g/mol. The smallest absolute Gasteiger partial charge is 0.0383 e. The number of hydrogen-bond acceptors (Lipinski definition) is 2. The second kappa shape index (κ2) is 8.63. The third-order valence-electron chi connectivity index (χ3n) is 1.28. The normalized spacial score (nSPS) is 9.77. The Bertz CT molecular complexity index is 251. The minimum Gasteiger partial charge on any atom is -0.858 e. The van der Waals surface area contributed by atoms with Crippen LogP contribution in [0.15, 0.2) is 35.3 Å². The van der Waals surface area contributed by atoms with Gasteiger partial charge < -0.3 is 10.1 Å². The first-order valence-electron chi connectivity index (χ1n) is 3.40. The summed E-state index contributed by atoms with van der Waals surface area (Å²) in [6.07, 6.45) is 0. The Morgan fingerprint density at radius 2 is 1.85 bits per heavy atom. The van der Waals surface area contributed by atoms with Gasteiger partial charge in [-0.15, -0.1) is 24.0 Å². The molecule has 4 heteroatoms. The van der Waals surface area contributed by atoms with Crippen LogP contribution in [-0.4, -0.2) is 12.4 Å². The Kier molecular flexibility index (Phi) is 10.3. The molecule has 0 saturated carbocycles. The molecule has 1 radical (unpaired) electrons. The number of hydrogen-bond donors (Lipinski definition) is 0. The van der Waals surface area contributed by atoms with E-state index in [4.69, 9.17) is 0 Å². The van der Waals surface area contributed by atoms with Crippen LogP contribution in [0.3, 0.4) is 0 Å². The molecule has 1 rings (SSSR count). The largest absolute Gasteiger partial charge is 0.858 e. The number of aliphatic imine (C=N–C) groups is 1. The molecule has 1 aromatic rings. The SMILES string of the molecule is I.[CH2]CN=C([O-])c1ccccc1.[Zn]. The first kappa shape index (κ1) is 15.5. The molecule has 0 aliphatic heterocycles. The Hall–Kier alpha value is 0.0434. The fourth-order valence-corrected chi connectivity index (χ4v) is 0.774. The van der Waals surface area contributed by atoms with Crippen molar-refractivity contribution in [3.63, 3.8) is 0 Å². The van der Waals surface area contributed by atoms with Gasteiger partial charge in [0.25, 0.3) is 0 Å². The van der Waals surface area contributed by atoms with Crippen LogP contribution in [0.25, 0.3) is 0 Å². The van der Waals surface area contributed by atoms with Gasteiger partial charge in [0.1, 0.15) is 0 Å². The van der Waals surface area contributed by atoms with Gasteiger partial charge in [0.15, 0.2) is 0 Å². The van der Waals surface area contributed by atoms with Crippen molar-refractivity contribution in [1.29, 1.82) is 0 Å². The van der Waals surface area contributed by atoms with Crippen LogP contribution in [0, 0.1) is 6.92 Å². The maximum Gasteiger partial charge on any atom is 0.0383 e. The van der Waals surface area contributed by atoms with Crippen LogP contribution in [0.1, 0.15) is 5.56 Å². The molecule has 0 saturated heterocycles. The molecular formula is C9H10INOZn-. The predicted octanol–water partition coefficient (Wildman–Crippen LogP) is 1.24. The molecular weight excluding hydrogens is 330 g/mol. The first-order valence-corrected chi connectivity index (χ1v) is 3.40. The number of rotatable bonds is 2. The molecule has 0 atom stereocenters. The van der Waals surface area contributed by atoms with Crippen molar-refractivity contribution >= 4 is 29.9 Å². The molecule has 0 aliphatic carbocycles. The van der Waals surface area contributed by atoms with Gasteiger partial charge in [-0.2, -0.15) is 0 Å². The Labute approximate surface area is 108 Å². The molecule has 0 aromatic heterocycles. The van der Waals surface area contributed by atoms with E-state index in [-0.39, 0.29) is 49.4 Å². The number of benzene rings is 1. The fraction of sp³-hybridized carbons (Fsp3) is 0.111. The van der Waals surface area contributed by atoms with Crippen molar-refractivity contribution in [3.05, 3.63) is 42.8 Å². The molecule has 0 aliphatic rings. The van der Waals surface area contributed by atoms with Crippen LogP contribution >= 0.6 is 24.0 Å². The van der Waals surface area contributed by atoms with Gasteiger partial charge in [-0.05, 0) is 18.4 Å². The van der Waals surface area contributed by atoms with Crippen molar-refractivity contribution in [2.75, 3.05) is 6.54 Å². The van der Waals surface area contributed by atoms with Gasteiger partial charge in [0.05, 0.1) is 0 Å². The van der Waals surface area contributed by atoms with Gasteiger partial charge >= 0.3 is 0 Å². The zero-order valence-corrected chi connectivity index (χ0v) is 12.6. The molecule has 0 fully saturated rings. The van der Waals surface area contributed by atoms with Crippen molar-refractivity contribution < 1.29 is 24.6 Å². The van der Waals surface area contributed by atoms with E-state index in [1.807, 2.05) is 18.2 Å². The van der Waals surface area contributed by atoms with Crippen molar-refractivity contribution in [2.24, 2.45) is 4.99 Å². The minimum absolute atomic E-state index is 0. The van der Waals surface area contributed by atoms with E-state index in [9.17, 15) is 5.11 Å². The quantitative estimate of drug-likeness (QED) is 0.345. The van der Waals surface area contributed by atoms with E-state index in [1.54, 1.807) is 12.1 Å². The first-order chi connectivity index (χ1) is 5.34. The molecule has 0 unspecified atom stereocenters. The molecule has 0 heterocycles. The second-order valence-corrected chi connectivity index (χ2v) is 2.05. The van der Waals surface area contributed by atoms with Gasteiger partial charge in [0.2, 0.25) is 0 Å². The van der Waals surface area contributed by atoms with E-state index >= 15 is 0 Å². The summed E-state index contributed by atoms with van der Waals surface area (Å²) in [7, 11) is 0. The summed E-state index contributed by atoms with van der Waals surface area (Å²) in [5, 5.41) is 11.0. The third kappa shape index (κ3) is 5.37. The van der Waals surface area contributed by atoms with Crippen LogP contribution < -0.4 is 5.11 Å². The molecule has 67 valence electrons. The van der Waals surface area contributed by atoms with E-state index < -0.39 is 0 Å². The molecule has 0 bridgehead atoms. The van der Waals surface area contributed by atoms with E-state index in [1.165, 1.54) is 0 Å². The van der Waals surface area contributed by atoms with Crippen molar-refractivity contribution in [1.82, 2.24) is 0 Å². The zero-order valence-electron chi connectivity index (χ0n) is 7.27. The van der Waals surface area contributed by atoms with Crippen molar-refractivity contribution in [3.8, 4) is 0 Å². The van der Waals surface area contributed by atoms with E-state index in [0.717, 1.165) is 0 Å². The summed E-state index contributed by atoms with van der Waals surface area (Å²) < 4.78 is 0. The predicted molar refractivity (Wildman–Crippen MR) is 58.6 cm³/mol. The maximum atomic E-state index is 11.0. The van der Waals surface area contributed by atoms with E-state index in [2.05, 4.69) is 11.9 Å². The number of nitrogens with zero attached hydrogens (tertiary/aromatic N) is 1. The van der Waals surface area contributed by atoms with Crippen LogP contribution in [-0.2, 0) is 19.5 Å². The van der Waals surface area contributed by atoms with Gasteiger partial charge in [0, 0.05) is 26.0 Å². The van der Waals surface area contributed by atoms with Crippen LogP contribution in [0.4, 0.5) is 0 Å². The Morgan fingerprint density at radius 3 is 2.31 bits per heavy atom. The van der Waals surface area contributed by atoms with E-state index in [0.29, 0.717) is 12.1 Å². The average Bonchev–Trinajstić information content (AvgIpc) is 2.07. The maximum absolute atomic E-state index is 11.0. The second-order valence-electron chi connectivity index (χ2n) is 2.05. The Morgan fingerprint density at radius 1 is 1.31 bits per heavy atom. The summed E-state index contributed by atoms with van der Waals surface area (Å²) in [5.74, 6) is -0.194. The summed E-state index contributed by atoms with van der Waals surface area (Å²) >= 11 is 0. The number of halogens is 1. The third-order valence-corrected chi connectivity index (χ3v) is 1.28. The van der Waals surface area contributed by atoms with Crippen LogP contribution in [0.2, 0.25) is 0 Å². The van der Waals surface area contributed by atoms with Gasteiger partial charge in [-0.1, -0.05) is 30.3 Å². The minimum atomic E-state index is -0.194. The van der Waals surface area contributed by atoms with Crippen LogP contribution in [0.5, 0.6) is 0 Å². The molecule has 13 heavy (non-hydrogen) atoms. The summed E-state index contributed by atoms with van der Waals surface area (Å²) in [4.78, 5) is 3.64. The topological polar surface area (TPSA) is 35.4 Å². The zero-order chi connectivity index (χ0) is 8.10. The molecule has 0 spiro atoms. The molecule has 1 aromatic carbocycles. The molecule has 2 nitrogen and oxygen atoms in total. The summed E-state index contributed by atoms with van der Waals surface area (Å²) in [6.45, 7) is 3.76. The fourth-order valence-electron chi connectivity index (χ4n) is 0.774. The molecule has 0 N–H and O–H groups in total. The summed E-state index contributed by atoms with van der Waals surface area (Å²) in [6, 6.07) is 8.96. The van der Waals surface area contributed by atoms with Gasteiger partial charge in [-0.25, -0.2) is 0 Å². The summed E-state index contributed by atoms with van der Waals surface area (Å²) in [5.41, 5.74) is 0.621.